The summed E-state index contributed by atoms with van der Waals surface area (Å²) in [7, 11) is 0. The molecule has 0 aromatic carbocycles. The van der Waals surface area contributed by atoms with Crippen molar-refractivity contribution < 1.29 is 9.84 Å². The van der Waals surface area contributed by atoms with Crippen LogP contribution < -0.4 is 0 Å². The first-order valence-electron chi connectivity index (χ1n) is 3.09. The second kappa shape index (κ2) is 2.03. The van der Waals surface area contributed by atoms with E-state index in [0.717, 1.165) is 6.42 Å². The molecule has 1 heterocycles. The SMILES string of the molecule is CC[C@H](O)C1OC1C. The molecule has 2 nitrogen and oxygen atoms in total. The fraction of sp³-hybridized carbons (Fsp3) is 1.00. The van der Waals surface area contributed by atoms with Gasteiger partial charge in [0.05, 0.1) is 12.2 Å². The Morgan fingerprint density at radius 3 is 2.38 bits per heavy atom. The first-order valence-corrected chi connectivity index (χ1v) is 3.09. The summed E-state index contributed by atoms with van der Waals surface area (Å²) in [6.07, 6.45) is 1.00. The Morgan fingerprint density at radius 1 is 1.75 bits per heavy atom. The van der Waals surface area contributed by atoms with E-state index in [0.29, 0.717) is 6.10 Å². The average molecular weight is 116 g/mol. The molecular formula is C6H12O2. The molecule has 0 aliphatic carbocycles. The smallest absolute Gasteiger partial charge is 0.110 e. The van der Waals surface area contributed by atoms with Crippen LogP contribution in [0.3, 0.4) is 0 Å². The van der Waals surface area contributed by atoms with Gasteiger partial charge in [0, 0.05) is 0 Å². The maximum atomic E-state index is 9.04. The van der Waals surface area contributed by atoms with Crippen LogP contribution in [0.1, 0.15) is 20.3 Å². The van der Waals surface area contributed by atoms with Crippen LogP contribution in [0.5, 0.6) is 0 Å². The van der Waals surface area contributed by atoms with Gasteiger partial charge in [-0.15, -0.1) is 0 Å². The molecule has 0 radical (unpaired) electrons. The van der Waals surface area contributed by atoms with Gasteiger partial charge in [-0.25, -0.2) is 0 Å². The topological polar surface area (TPSA) is 32.8 Å². The molecule has 1 N–H and O–H groups in total. The Morgan fingerprint density at radius 2 is 2.25 bits per heavy atom. The van der Waals surface area contributed by atoms with Gasteiger partial charge in [0.2, 0.25) is 0 Å². The zero-order valence-electron chi connectivity index (χ0n) is 5.29. The molecule has 1 fully saturated rings. The van der Waals surface area contributed by atoms with Crippen molar-refractivity contribution >= 4 is 0 Å². The van der Waals surface area contributed by atoms with E-state index in [1.807, 2.05) is 13.8 Å². The third-order valence-corrected chi connectivity index (χ3v) is 1.56. The summed E-state index contributed by atoms with van der Waals surface area (Å²) in [5.41, 5.74) is 0. The van der Waals surface area contributed by atoms with Crippen molar-refractivity contribution in [2.24, 2.45) is 0 Å². The van der Waals surface area contributed by atoms with Crippen molar-refractivity contribution in [1.82, 2.24) is 0 Å². The number of rotatable bonds is 2. The molecule has 2 unspecified atom stereocenters. The summed E-state index contributed by atoms with van der Waals surface area (Å²) in [4.78, 5) is 0. The highest BCUT2D eigenvalue weighted by molar-refractivity contribution is 4.86. The monoisotopic (exact) mass is 116 g/mol. The lowest BCUT2D eigenvalue weighted by Gasteiger charge is -1.99. The molecular weight excluding hydrogens is 104 g/mol. The first kappa shape index (κ1) is 6.05. The minimum Gasteiger partial charge on any atom is -0.390 e. The lowest BCUT2D eigenvalue weighted by atomic mass is 10.2. The molecule has 3 atom stereocenters. The van der Waals surface area contributed by atoms with Gasteiger partial charge >= 0.3 is 0 Å². The van der Waals surface area contributed by atoms with Gasteiger partial charge in [-0.2, -0.15) is 0 Å². The van der Waals surface area contributed by atoms with Crippen LogP contribution in [0, 0.1) is 0 Å². The number of epoxide rings is 1. The minimum atomic E-state index is -0.231. The molecule has 0 saturated carbocycles. The van der Waals surface area contributed by atoms with E-state index in [1.54, 1.807) is 0 Å². The standard InChI is InChI=1S/C6H12O2/c1-3-5(7)6-4(2)8-6/h4-7H,3H2,1-2H3/t4?,5-,6?/m0/s1. The molecule has 1 rings (SSSR count). The summed E-state index contributed by atoms with van der Waals surface area (Å²) in [5.74, 6) is 0. The Hall–Kier alpha value is -0.0800. The summed E-state index contributed by atoms with van der Waals surface area (Å²) >= 11 is 0. The molecule has 2 heteroatoms. The van der Waals surface area contributed by atoms with E-state index in [-0.39, 0.29) is 12.2 Å². The van der Waals surface area contributed by atoms with E-state index >= 15 is 0 Å². The van der Waals surface area contributed by atoms with Gasteiger partial charge in [0.15, 0.2) is 0 Å². The second-order valence-electron chi connectivity index (χ2n) is 2.28. The molecule has 1 aliphatic rings. The van der Waals surface area contributed by atoms with Crippen molar-refractivity contribution in [3.8, 4) is 0 Å². The predicted octanol–water partition coefficient (Wildman–Crippen LogP) is 0.545. The maximum Gasteiger partial charge on any atom is 0.110 e. The first-order chi connectivity index (χ1) is 3.75. The predicted molar refractivity (Wildman–Crippen MR) is 30.6 cm³/mol. The van der Waals surface area contributed by atoms with Gasteiger partial charge in [-0.1, -0.05) is 6.92 Å². The van der Waals surface area contributed by atoms with Crippen LogP contribution in [0.2, 0.25) is 0 Å². The minimum absolute atomic E-state index is 0.139. The van der Waals surface area contributed by atoms with E-state index in [1.165, 1.54) is 0 Å². The summed E-state index contributed by atoms with van der Waals surface area (Å²) in [5, 5.41) is 9.04. The van der Waals surface area contributed by atoms with Gasteiger partial charge in [0.25, 0.3) is 0 Å². The highest BCUT2D eigenvalue weighted by Crippen LogP contribution is 2.25. The van der Waals surface area contributed by atoms with Gasteiger partial charge in [-0.3, -0.25) is 0 Å². The van der Waals surface area contributed by atoms with Crippen molar-refractivity contribution in [2.45, 2.75) is 38.6 Å². The van der Waals surface area contributed by atoms with Crippen LogP contribution >= 0.6 is 0 Å². The molecule has 0 bridgehead atoms. The van der Waals surface area contributed by atoms with Gasteiger partial charge in [-0.05, 0) is 13.3 Å². The van der Waals surface area contributed by atoms with E-state index in [2.05, 4.69) is 0 Å². The molecule has 48 valence electrons. The number of hydrogen-bond donors (Lipinski definition) is 1. The molecule has 0 amide bonds. The number of aliphatic hydroxyl groups is 1. The second-order valence-corrected chi connectivity index (χ2v) is 2.28. The Bertz CT molecular complexity index is 80.6. The highest BCUT2D eigenvalue weighted by Gasteiger charge is 2.39. The van der Waals surface area contributed by atoms with Crippen molar-refractivity contribution in [3.63, 3.8) is 0 Å². The zero-order chi connectivity index (χ0) is 6.15. The third-order valence-electron chi connectivity index (χ3n) is 1.56. The molecule has 0 aromatic heterocycles. The van der Waals surface area contributed by atoms with E-state index in [9.17, 15) is 0 Å². The fourth-order valence-corrected chi connectivity index (χ4v) is 0.838. The van der Waals surface area contributed by atoms with E-state index in [4.69, 9.17) is 9.84 Å². The van der Waals surface area contributed by atoms with Crippen LogP contribution in [0.15, 0.2) is 0 Å². The Kier molecular flexibility index (Phi) is 1.54. The molecule has 1 aliphatic heterocycles. The van der Waals surface area contributed by atoms with Crippen LogP contribution in [-0.4, -0.2) is 23.4 Å². The molecule has 1 saturated heterocycles. The maximum absolute atomic E-state index is 9.04. The largest absolute Gasteiger partial charge is 0.390 e. The van der Waals surface area contributed by atoms with Gasteiger partial charge < -0.3 is 9.84 Å². The number of aliphatic hydroxyl groups excluding tert-OH is 1. The average Bonchev–Trinajstić information content (AvgIpc) is 2.45. The normalized spacial score (nSPS) is 39.4. The lowest BCUT2D eigenvalue weighted by Crippen LogP contribution is -2.13. The van der Waals surface area contributed by atoms with Crippen molar-refractivity contribution in [3.05, 3.63) is 0 Å². The lowest BCUT2D eigenvalue weighted by molar-refractivity contribution is 0.131. The Balaban J connectivity index is 2.18. The zero-order valence-corrected chi connectivity index (χ0v) is 5.29. The quantitative estimate of drug-likeness (QED) is 0.534. The number of hydrogen-bond acceptors (Lipinski definition) is 2. The van der Waals surface area contributed by atoms with Crippen LogP contribution in [0.4, 0.5) is 0 Å². The van der Waals surface area contributed by atoms with Crippen molar-refractivity contribution in [2.75, 3.05) is 0 Å². The van der Waals surface area contributed by atoms with E-state index < -0.39 is 0 Å². The molecule has 0 aromatic rings. The van der Waals surface area contributed by atoms with Crippen LogP contribution in [-0.2, 0) is 4.74 Å². The number of ether oxygens (including phenoxy) is 1. The van der Waals surface area contributed by atoms with Crippen LogP contribution in [0.25, 0.3) is 0 Å². The summed E-state index contributed by atoms with van der Waals surface area (Å²) in [6, 6.07) is 0. The fourth-order valence-electron chi connectivity index (χ4n) is 0.838. The highest BCUT2D eigenvalue weighted by atomic mass is 16.6. The molecule has 8 heavy (non-hydrogen) atoms. The Labute approximate surface area is 49.5 Å². The summed E-state index contributed by atoms with van der Waals surface area (Å²) in [6.45, 7) is 3.93. The molecule has 0 spiro atoms. The summed E-state index contributed by atoms with van der Waals surface area (Å²) < 4.78 is 5.02. The van der Waals surface area contributed by atoms with Gasteiger partial charge in [0.1, 0.15) is 6.10 Å². The van der Waals surface area contributed by atoms with Crippen molar-refractivity contribution in [1.29, 1.82) is 0 Å². The third kappa shape index (κ3) is 1.01.